The normalized spacial score (nSPS) is 12.9. The maximum Gasteiger partial charge on any atom is 0.165 e. The van der Waals surface area contributed by atoms with Crippen LogP contribution in [0.3, 0.4) is 0 Å². The standard InChI is InChI=1S/C13H18ClN5/c1-9(2)15-8-13-16-17-18-19(13)10(3)11-5-4-6-12(14)7-11/h4-7,9-10,15H,8H2,1-3H3. The van der Waals surface area contributed by atoms with Crippen LogP contribution in [0.1, 0.15) is 38.2 Å². The van der Waals surface area contributed by atoms with Gasteiger partial charge in [0.2, 0.25) is 0 Å². The smallest absolute Gasteiger partial charge is 0.165 e. The molecule has 1 aromatic heterocycles. The molecule has 0 bridgehead atoms. The summed E-state index contributed by atoms with van der Waals surface area (Å²) in [5.41, 5.74) is 1.09. The fourth-order valence-corrected chi connectivity index (χ4v) is 2.03. The van der Waals surface area contributed by atoms with E-state index in [1.165, 1.54) is 0 Å². The largest absolute Gasteiger partial charge is 0.308 e. The zero-order valence-corrected chi connectivity index (χ0v) is 12.1. The van der Waals surface area contributed by atoms with Crippen molar-refractivity contribution in [2.75, 3.05) is 0 Å². The maximum absolute atomic E-state index is 6.02. The van der Waals surface area contributed by atoms with Crippen molar-refractivity contribution in [3.05, 3.63) is 40.7 Å². The highest BCUT2D eigenvalue weighted by atomic mass is 35.5. The van der Waals surface area contributed by atoms with Crippen molar-refractivity contribution in [2.45, 2.75) is 39.4 Å². The SMILES string of the molecule is CC(C)NCc1nnnn1C(C)c1cccc(Cl)c1. The van der Waals surface area contributed by atoms with E-state index in [0.717, 1.165) is 16.4 Å². The first-order valence-electron chi connectivity index (χ1n) is 6.33. The summed E-state index contributed by atoms with van der Waals surface area (Å²) in [5.74, 6) is 0.821. The van der Waals surface area contributed by atoms with Gasteiger partial charge in [0.15, 0.2) is 5.82 Å². The molecule has 102 valence electrons. The van der Waals surface area contributed by atoms with Crippen LogP contribution in [0.25, 0.3) is 0 Å². The number of hydrogen-bond donors (Lipinski definition) is 1. The molecular weight excluding hydrogens is 262 g/mol. The summed E-state index contributed by atoms with van der Waals surface area (Å²) >= 11 is 6.02. The Morgan fingerprint density at radius 3 is 2.79 bits per heavy atom. The molecule has 1 unspecified atom stereocenters. The molecule has 2 rings (SSSR count). The van der Waals surface area contributed by atoms with Gasteiger partial charge < -0.3 is 5.32 Å². The van der Waals surface area contributed by atoms with Crippen molar-refractivity contribution in [2.24, 2.45) is 0 Å². The second-order valence-corrected chi connectivity index (χ2v) is 5.24. The highest BCUT2D eigenvalue weighted by molar-refractivity contribution is 6.30. The molecule has 6 heteroatoms. The number of halogens is 1. The van der Waals surface area contributed by atoms with Gasteiger partial charge in [-0.05, 0) is 35.0 Å². The molecule has 0 saturated carbocycles. The van der Waals surface area contributed by atoms with Gasteiger partial charge in [0, 0.05) is 11.1 Å². The van der Waals surface area contributed by atoms with E-state index in [9.17, 15) is 0 Å². The number of rotatable bonds is 5. The van der Waals surface area contributed by atoms with Gasteiger partial charge in [-0.1, -0.05) is 37.6 Å². The number of hydrogen-bond acceptors (Lipinski definition) is 4. The fourth-order valence-electron chi connectivity index (χ4n) is 1.83. The Kier molecular flexibility index (Phi) is 4.50. The maximum atomic E-state index is 6.02. The van der Waals surface area contributed by atoms with E-state index < -0.39 is 0 Å². The molecule has 19 heavy (non-hydrogen) atoms. The van der Waals surface area contributed by atoms with Crippen molar-refractivity contribution in [3.8, 4) is 0 Å². The number of aromatic nitrogens is 4. The molecule has 1 N–H and O–H groups in total. The molecule has 0 radical (unpaired) electrons. The Bertz CT molecular complexity index is 537. The topological polar surface area (TPSA) is 55.6 Å². The van der Waals surface area contributed by atoms with Crippen molar-refractivity contribution >= 4 is 11.6 Å². The Balaban J connectivity index is 2.19. The van der Waals surface area contributed by atoms with Gasteiger partial charge in [0.25, 0.3) is 0 Å². The van der Waals surface area contributed by atoms with Crippen LogP contribution in [0.4, 0.5) is 0 Å². The van der Waals surface area contributed by atoms with Crippen molar-refractivity contribution in [3.63, 3.8) is 0 Å². The van der Waals surface area contributed by atoms with Gasteiger partial charge in [-0.15, -0.1) is 5.10 Å². The lowest BCUT2D eigenvalue weighted by Crippen LogP contribution is -2.25. The molecule has 1 atom stereocenters. The van der Waals surface area contributed by atoms with Gasteiger partial charge in [-0.25, -0.2) is 4.68 Å². The Hall–Kier alpha value is -1.46. The highest BCUT2D eigenvalue weighted by Gasteiger charge is 2.15. The third-order valence-corrected chi connectivity index (χ3v) is 3.16. The van der Waals surface area contributed by atoms with Crippen LogP contribution in [-0.4, -0.2) is 26.2 Å². The summed E-state index contributed by atoms with van der Waals surface area (Å²) in [4.78, 5) is 0. The first kappa shape index (κ1) is 14.0. The van der Waals surface area contributed by atoms with Gasteiger partial charge in [0.1, 0.15) is 0 Å². The Morgan fingerprint density at radius 2 is 2.11 bits per heavy atom. The van der Waals surface area contributed by atoms with Gasteiger partial charge in [0.05, 0.1) is 12.6 Å². The minimum Gasteiger partial charge on any atom is -0.308 e. The van der Waals surface area contributed by atoms with Gasteiger partial charge in [-0.3, -0.25) is 0 Å². The first-order chi connectivity index (χ1) is 9.08. The minimum atomic E-state index is 0.0534. The molecule has 0 saturated heterocycles. The van der Waals surface area contributed by atoms with E-state index in [1.54, 1.807) is 0 Å². The number of nitrogens with one attached hydrogen (secondary N) is 1. The summed E-state index contributed by atoms with van der Waals surface area (Å²) in [7, 11) is 0. The first-order valence-corrected chi connectivity index (χ1v) is 6.71. The molecular formula is C13H18ClN5. The van der Waals surface area contributed by atoms with E-state index in [2.05, 4.69) is 41.6 Å². The van der Waals surface area contributed by atoms with Crippen LogP contribution in [0.15, 0.2) is 24.3 Å². The molecule has 5 nitrogen and oxygen atoms in total. The van der Waals surface area contributed by atoms with E-state index >= 15 is 0 Å². The zero-order valence-electron chi connectivity index (χ0n) is 11.3. The second-order valence-electron chi connectivity index (χ2n) is 4.81. The summed E-state index contributed by atoms with van der Waals surface area (Å²) in [6.07, 6.45) is 0. The van der Waals surface area contributed by atoms with Crippen LogP contribution < -0.4 is 5.32 Å². The average molecular weight is 280 g/mol. The number of tetrazole rings is 1. The predicted octanol–water partition coefficient (Wildman–Crippen LogP) is 2.43. The van der Waals surface area contributed by atoms with Crippen LogP contribution in [-0.2, 0) is 6.54 Å². The summed E-state index contributed by atoms with van der Waals surface area (Å²) < 4.78 is 1.82. The van der Waals surface area contributed by atoms with E-state index in [1.807, 2.05) is 28.9 Å². The van der Waals surface area contributed by atoms with E-state index in [0.29, 0.717) is 12.6 Å². The third kappa shape index (κ3) is 3.52. The molecule has 0 aliphatic heterocycles. The predicted molar refractivity (Wildman–Crippen MR) is 75.1 cm³/mol. The van der Waals surface area contributed by atoms with Crippen molar-refractivity contribution < 1.29 is 0 Å². The summed E-state index contributed by atoms with van der Waals surface area (Å²) in [6, 6.07) is 8.21. The zero-order chi connectivity index (χ0) is 13.8. The van der Waals surface area contributed by atoms with Crippen molar-refractivity contribution in [1.82, 2.24) is 25.5 Å². The molecule has 0 amide bonds. The Morgan fingerprint density at radius 1 is 1.32 bits per heavy atom. The quantitative estimate of drug-likeness (QED) is 0.913. The fraction of sp³-hybridized carbons (Fsp3) is 0.462. The molecule has 2 aromatic rings. The monoisotopic (exact) mass is 279 g/mol. The van der Waals surface area contributed by atoms with Gasteiger partial charge in [-0.2, -0.15) is 0 Å². The minimum absolute atomic E-state index is 0.0534. The average Bonchev–Trinajstić information content (AvgIpc) is 2.83. The molecule has 0 aliphatic carbocycles. The molecule has 1 heterocycles. The highest BCUT2D eigenvalue weighted by Crippen LogP contribution is 2.20. The third-order valence-electron chi connectivity index (χ3n) is 2.93. The van der Waals surface area contributed by atoms with Crippen LogP contribution in [0.2, 0.25) is 5.02 Å². The number of nitrogens with zero attached hydrogens (tertiary/aromatic N) is 4. The van der Waals surface area contributed by atoms with Crippen LogP contribution in [0.5, 0.6) is 0 Å². The number of benzene rings is 1. The van der Waals surface area contributed by atoms with Gasteiger partial charge >= 0.3 is 0 Å². The van der Waals surface area contributed by atoms with E-state index in [4.69, 9.17) is 11.6 Å². The lowest BCUT2D eigenvalue weighted by molar-refractivity contribution is 0.490. The lowest BCUT2D eigenvalue weighted by Gasteiger charge is -2.15. The van der Waals surface area contributed by atoms with Crippen molar-refractivity contribution in [1.29, 1.82) is 0 Å². The van der Waals surface area contributed by atoms with Crippen LogP contribution in [0, 0.1) is 0 Å². The second kappa shape index (κ2) is 6.12. The Labute approximate surface area is 118 Å². The van der Waals surface area contributed by atoms with Crippen LogP contribution >= 0.6 is 11.6 Å². The molecule has 1 aromatic carbocycles. The summed E-state index contributed by atoms with van der Waals surface area (Å²) in [5, 5.41) is 15.9. The summed E-state index contributed by atoms with van der Waals surface area (Å²) in [6.45, 7) is 6.89. The lowest BCUT2D eigenvalue weighted by atomic mass is 10.1. The molecule has 0 aliphatic rings. The van der Waals surface area contributed by atoms with E-state index in [-0.39, 0.29) is 6.04 Å². The molecule has 0 fully saturated rings. The molecule has 0 spiro atoms.